The van der Waals surface area contributed by atoms with Gasteiger partial charge in [0.2, 0.25) is 0 Å². The van der Waals surface area contributed by atoms with Crippen molar-refractivity contribution in [2.24, 2.45) is 0 Å². The lowest BCUT2D eigenvalue weighted by Gasteiger charge is -2.10. The largest absolute Gasteiger partial charge is 0.461 e. The Bertz CT molecular complexity index is 1040. The van der Waals surface area contributed by atoms with Gasteiger partial charge in [-0.1, -0.05) is 6.58 Å². The quantitative estimate of drug-likeness (QED) is 0.254. The number of sulfone groups is 1. The van der Waals surface area contributed by atoms with Gasteiger partial charge in [0.05, 0.1) is 17.1 Å². The molecule has 0 unspecified atom stereocenters. The van der Waals surface area contributed by atoms with Crippen molar-refractivity contribution >= 4 is 50.8 Å². The predicted molar refractivity (Wildman–Crippen MR) is 103 cm³/mol. The maximum atomic E-state index is 12.8. The molecule has 0 spiro atoms. The summed E-state index contributed by atoms with van der Waals surface area (Å²) in [5.41, 5.74) is -0.888. The Balaban J connectivity index is 2.09. The van der Waals surface area contributed by atoms with Crippen molar-refractivity contribution in [1.82, 2.24) is 0 Å². The number of carbonyl (C=O) groups excluding carboxylic acids is 1. The van der Waals surface area contributed by atoms with Gasteiger partial charge in [-0.3, -0.25) is 0 Å². The second-order valence-corrected chi connectivity index (χ2v) is 9.35. The van der Waals surface area contributed by atoms with Crippen LogP contribution >= 0.6 is 24.0 Å². The number of hydrogen-bond donors (Lipinski definition) is 0. The fourth-order valence-electron chi connectivity index (χ4n) is 2.14. The molecule has 1 heterocycles. The highest BCUT2D eigenvalue weighted by Crippen LogP contribution is 2.34. The number of thioether (sulfide) groups is 1. The van der Waals surface area contributed by atoms with Gasteiger partial charge in [0.25, 0.3) is 0 Å². The minimum atomic E-state index is -4.52. The van der Waals surface area contributed by atoms with Gasteiger partial charge < -0.3 is 9.15 Å². The molecule has 1 aromatic carbocycles. The number of esters is 1. The molecule has 0 atom stereocenters. The van der Waals surface area contributed by atoms with Gasteiger partial charge in [0, 0.05) is 28.2 Å². The molecule has 11 heteroatoms. The Hall–Kier alpha value is -1.85. The van der Waals surface area contributed by atoms with Gasteiger partial charge in [0.1, 0.15) is 12.2 Å². The van der Waals surface area contributed by atoms with E-state index in [9.17, 15) is 26.4 Å². The number of hydrogen-bond acceptors (Lipinski definition) is 7. The Morgan fingerprint density at radius 1 is 1.29 bits per heavy atom. The van der Waals surface area contributed by atoms with Gasteiger partial charge in [-0.15, -0.1) is 11.8 Å². The third-order valence-electron chi connectivity index (χ3n) is 3.49. The molecule has 5 nitrogen and oxygen atoms in total. The van der Waals surface area contributed by atoms with Crippen molar-refractivity contribution < 1.29 is 35.5 Å². The molecular weight excluding hydrogens is 437 g/mol. The second kappa shape index (κ2) is 9.10. The maximum Gasteiger partial charge on any atom is 0.416 e. The van der Waals surface area contributed by atoms with Crippen LogP contribution in [0.3, 0.4) is 0 Å². The molecule has 2 aromatic rings. The second-order valence-electron chi connectivity index (χ2n) is 5.51. The number of halogens is 3. The maximum absolute atomic E-state index is 12.8. The zero-order valence-corrected chi connectivity index (χ0v) is 16.8. The SMILES string of the molecule is C=CC(=O)OCCS(=O)(=O)CCSc1cc(=S)oc2cc(C(F)(F)F)ccc12. The number of fused-ring (bicyclic) bond motifs is 1. The summed E-state index contributed by atoms with van der Waals surface area (Å²) in [6.45, 7) is 2.93. The molecule has 152 valence electrons. The first-order valence-electron chi connectivity index (χ1n) is 7.79. The topological polar surface area (TPSA) is 73.6 Å². The van der Waals surface area contributed by atoms with Crippen LogP contribution in [0.15, 0.2) is 46.2 Å². The zero-order valence-electron chi connectivity index (χ0n) is 14.3. The van der Waals surface area contributed by atoms with Crippen LogP contribution in [0, 0.1) is 4.71 Å². The molecule has 0 saturated carbocycles. The Morgan fingerprint density at radius 2 is 2.00 bits per heavy atom. The molecule has 0 fully saturated rings. The van der Waals surface area contributed by atoms with E-state index < -0.39 is 27.5 Å². The number of carbonyl (C=O) groups is 1. The van der Waals surface area contributed by atoms with Crippen molar-refractivity contribution in [2.75, 3.05) is 23.9 Å². The average molecular weight is 452 g/mol. The summed E-state index contributed by atoms with van der Waals surface area (Å²) in [5, 5.41) is 0.406. The van der Waals surface area contributed by atoms with E-state index in [0.717, 1.165) is 30.0 Å². The lowest BCUT2D eigenvalue weighted by atomic mass is 10.1. The van der Waals surface area contributed by atoms with E-state index in [2.05, 4.69) is 11.3 Å². The number of alkyl halides is 3. The highest BCUT2D eigenvalue weighted by molar-refractivity contribution is 8.01. The summed E-state index contributed by atoms with van der Waals surface area (Å²) in [5.74, 6) is -1.10. The summed E-state index contributed by atoms with van der Waals surface area (Å²) >= 11 is 6.08. The normalized spacial score (nSPS) is 12.1. The fourth-order valence-corrected chi connectivity index (χ4v) is 5.04. The summed E-state index contributed by atoms with van der Waals surface area (Å²) < 4.78 is 72.3. The highest BCUT2D eigenvalue weighted by Gasteiger charge is 2.31. The lowest BCUT2D eigenvalue weighted by Crippen LogP contribution is -2.18. The van der Waals surface area contributed by atoms with Crippen LogP contribution in [-0.2, 0) is 25.5 Å². The summed E-state index contributed by atoms with van der Waals surface area (Å²) in [4.78, 5) is 11.4. The van der Waals surface area contributed by atoms with Crippen LogP contribution in [0.25, 0.3) is 11.0 Å². The lowest BCUT2D eigenvalue weighted by molar-refractivity contribution is -0.138. The van der Waals surface area contributed by atoms with Gasteiger partial charge in [-0.05, 0) is 30.4 Å². The predicted octanol–water partition coefficient (Wildman–Crippen LogP) is 4.42. The van der Waals surface area contributed by atoms with Crippen LogP contribution in [0.4, 0.5) is 13.2 Å². The highest BCUT2D eigenvalue weighted by atomic mass is 32.2. The Morgan fingerprint density at radius 3 is 2.64 bits per heavy atom. The monoisotopic (exact) mass is 452 g/mol. The first-order valence-corrected chi connectivity index (χ1v) is 11.0. The number of benzene rings is 1. The molecule has 28 heavy (non-hydrogen) atoms. The van der Waals surface area contributed by atoms with Crippen molar-refractivity contribution in [2.45, 2.75) is 11.1 Å². The van der Waals surface area contributed by atoms with E-state index in [-0.39, 0.29) is 34.2 Å². The minimum absolute atomic E-state index is 0.00600. The van der Waals surface area contributed by atoms with Gasteiger partial charge in [-0.25, -0.2) is 13.2 Å². The summed E-state index contributed by atoms with van der Waals surface area (Å²) in [6.07, 6.45) is -3.58. The van der Waals surface area contributed by atoms with Crippen LogP contribution < -0.4 is 0 Å². The van der Waals surface area contributed by atoms with E-state index in [1.807, 2.05) is 0 Å². The molecule has 0 aliphatic carbocycles. The van der Waals surface area contributed by atoms with Gasteiger partial charge >= 0.3 is 12.1 Å². The van der Waals surface area contributed by atoms with Crippen molar-refractivity contribution in [3.05, 3.63) is 47.2 Å². The molecule has 0 N–H and O–H groups in total. The third kappa shape index (κ3) is 6.35. The molecule has 0 aliphatic rings. The van der Waals surface area contributed by atoms with Crippen LogP contribution in [-0.4, -0.2) is 38.3 Å². The molecule has 0 bridgehead atoms. The number of ether oxygens (including phenoxy) is 1. The molecule has 0 amide bonds. The average Bonchev–Trinajstić information content (AvgIpc) is 2.59. The van der Waals surface area contributed by atoms with E-state index in [1.54, 1.807) is 0 Å². The first kappa shape index (κ1) is 22.4. The Labute approximate surface area is 168 Å². The molecule has 1 aromatic heterocycles. The molecule has 0 radical (unpaired) electrons. The number of rotatable bonds is 8. The molecule has 0 aliphatic heterocycles. The van der Waals surface area contributed by atoms with Crippen molar-refractivity contribution in [1.29, 1.82) is 0 Å². The van der Waals surface area contributed by atoms with Gasteiger partial charge in [-0.2, -0.15) is 13.2 Å². The smallest absolute Gasteiger partial charge is 0.416 e. The molecule has 2 rings (SSSR count). The van der Waals surface area contributed by atoms with E-state index in [4.69, 9.17) is 16.6 Å². The van der Waals surface area contributed by atoms with Gasteiger partial charge in [0.15, 0.2) is 14.5 Å². The first-order chi connectivity index (χ1) is 13.0. The fraction of sp³-hybridized carbons (Fsp3) is 0.294. The van der Waals surface area contributed by atoms with E-state index >= 15 is 0 Å². The zero-order chi connectivity index (χ0) is 20.9. The van der Waals surface area contributed by atoms with Crippen LogP contribution in [0.2, 0.25) is 0 Å². The van der Waals surface area contributed by atoms with E-state index in [1.165, 1.54) is 12.1 Å². The molecular formula is C17H15F3O5S3. The van der Waals surface area contributed by atoms with Crippen molar-refractivity contribution in [3.63, 3.8) is 0 Å². The van der Waals surface area contributed by atoms with Crippen LogP contribution in [0.1, 0.15) is 5.56 Å². The minimum Gasteiger partial charge on any atom is -0.461 e. The van der Waals surface area contributed by atoms with Crippen LogP contribution in [0.5, 0.6) is 0 Å². The van der Waals surface area contributed by atoms with E-state index in [0.29, 0.717) is 10.3 Å². The summed E-state index contributed by atoms with van der Waals surface area (Å²) in [6, 6.07) is 4.52. The molecule has 0 saturated heterocycles. The third-order valence-corrected chi connectivity index (χ3v) is 6.62. The standard InChI is InChI=1S/C17H15F3O5S3/c1-2-15(21)24-5-7-28(22,23)8-6-27-14-10-16(26)25-13-9-11(17(18,19)20)3-4-12(13)14/h2-4,9-10H,1,5-8H2. The van der Waals surface area contributed by atoms with Crippen molar-refractivity contribution in [3.8, 4) is 0 Å². The summed E-state index contributed by atoms with van der Waals surface area (Å²) in [7, 11) is -3.48. The Kier molecular flexibility index (Phi) is 7.29.